The van der Waals surface area contributed by atoms with Gasteiger partial charge in [-0.05, 0) is 37.1 Å². The van der Waals surface area contributed by atoms with Crippen molar-refractivity contribution >= 4 is 0 Å². The van der Waals surface area contributed by atoms with Crippen LogP contribution in [-0.4, -0.2) is 16.8 Å². The molecule has 0 fully saturated rings. The van der Waals surface area contributed by atoms with Gasteiger partial charge in [0.25, 0.3) is 0 Å². The van der Waals surface area contributed by atoms with E-state index in [1.54, 1.807) is 0 Å². The largest absolute Gasteiger partial charge is 0.507 e. The van der Waals surface area contributed by atoms with Crippen LogP contribution in [0.4, 0.5) is 0 Å². The zero-order valence-corrected chi connectivity index (χ0v) is 8.46. The molecule has 1 aromatic rings. The molecule has 2 heteroatoms. The molecule has 0 heterocycles. The van der Waals surface area contributed by atoms with Crippen LogP contribution >= 0.6 is 0 Å². The number of aliphatic hydroxyl groups is 1. The number of aliphatic hydroxyl groups excluding tert-OH is 1. The van der Waals surface area contributed by atoms with Gasteiger partial charge in [-0.25, -0.2) is 0 Å². The molecule has 0 aliphatic carbocycles. The molecular weight excluding hydrogens is 176 g/mol. The molecule has 0 saturated carbocycles. The maximum absolute atomic E-state index is 9.51. The Morgan fingerprint density at radius 3 is 2.29 bits per heavy atom. The van der Waals surface area contributed by atoms with Crippen LogP contribution in [0.5, 0.6) is 5.75 Å². The molecule has 0 radical (unpaired) electrons. The summed E-state index contributed by atoms with van der Waals surface area (Å²) < 4.78 is 0. The van der Waals surface area contributed by atoms with E-state index in [0.717, 1.165) is 16.7 Å². The highest BCUT2D eigenvalue weighted by Crippen LogP contribution is 2.22. The summed E-state index contributed by atoms with van der Waals surface area (Å²) in [6.07, 6.45) is 0.485. The summed E-state index contributed by atoms with van der Waals surface area (Å²) >= 11 is 0. The molecule has 2 nitrogen and oxygen atoms in total. The molecule has 1 rings (SSSR count). The van der Waals surface area contributed by atoms with E-state index in [1.165, 1.54) is 0 Å². The van der Waals surface area contributed by atoms with Crippen LogP contribution in [0.2, 0.25) is 0 Å². The predicted molar refractivity (Wildman–Crippen MR) is 56.2 cm³/mol. The van der Waals surface area contributed by atoms with Gasteiger partial charge in [-0.1, -0.05) is 11.8 Å². The second-order valence-electron chi connectivity index (χ2n) is 3.23. The lowest BCUT2D eigenvalue weighted by molar-refractivity contribution is 0.305. The zero-order valence-electron chi connectivity index (χ0n) is 8.46. The van der Waals surface area contributed by atoms with Crippen molar-refractivity contribution in [3.63, 3.8) is 0 Å². The molecule has 0 aromatic heterocycles. The highest BCUT2D eigenvalue weighted by atomic mass is 16.3. The van der Waals surface area contributed by atoms with Crippen LogP contribution in [0, 0.1) is 25.7 Å². The fourth-order valence-corrected chi connectivity index (χ4v) is 1.25. The molecule has 0 aliphatic rings. The van der Waals surface area contributed by atoms with Crippen molar-refractivity contribution in [2.75, 3.05) is 6.61 Å². The summed E-state index contributed by atoms with van der Waals surface area (Å²) in [6.45, 7) is 3.78. The van der Waals surface area contributed by atoms with E-state index in [-0.39, 0.29) is 6.61 Å². The SMILES string of the molecule is Cc1cc(C#CCCO)cc(C)c1O. The second-order valence-corrected chi connectivity index (χ2v) is 3.23. The average Bonchev–Trinajstić information content (AvgIpc) is 2.14. The van der Waals surface area contributed by atoms with Gasteiger partial charge in [0.05, 0.1) is 6.61 Å². The number of hydrogen-bond donors (Lipinski definition) is 2. The minimum Gasteiger partial charge on any atom is -0.507 e. The fraction of sp³-hybridized carbons (Fsp3) is 0.333. The lowest BCUT2D eigenvalue weighted by Crippen LogP contribution is -1.84. The third kappa shape index (κ3) is 2.51. The van der Waals surface area contributed by atoms with Crippen LogP contribution in [-0.2, 0) is 0 Å². The van der Waals surface area contributed by atoms with Crippen LogP contribution in [0.25, 0.3) is 0 Å². The standard InChI is InChI=1S/C12H14O2/c1-9-7-11(5-3-4-6-13)8-10(2)12(9)14/h7-8,13-14H,4,6H2,1-2H3. The number of phenols is 1. The molecule has 14 heavy (non-hydrogen) atoms. The van der Waals surface area contributed by atoms with E-state index in [2.05, 4.69) is 11.8 Å². The van der Waals surface area contributed by atoms with Gasteiger partial charge in [-0.2, -0.15) is 0 Å². The summed E-state index contributed by atoms with van der Waals surface area (Å²) in [5, 5.41) is 18.1. The molecule has 0 unspecified atom stereocenters. The monoisotopic (exact) mass is 190 g/mol. The van der Waals surface area contributed by atoms with Crippen molar-refractivity contribution in [1.82, 2.24) is 0 Å². The predicted octanol–water partition coefficient (Wildman–Crippen LogP) is 1.74. The van der Waals surface area contributed by atoms with Crippen molar-refractivity contribution in [3.8, 4) is 17.6 Å². The van der Waals surface area contributed by atoms with Gasteiger partial charge in [0.2, 0.25) is 0 Å². The van der Waals surface area contributed by atoms with Crippen LogP contribution in [0.15, 0.2) is 12.1 Å². The molecule has 0 aliphatic heterocycles. The van der Waals surface area contributed by atoms with Crippen molar-refractivity contribution in [2.45, 2.75) is 20.3 Å². The highest BCUT2D eigenvalue weighted by Gasteiger charge is 2.00. The Balaban J connectivity index is 2.97. The first-order chi connectivity index (χ1) is 6.65. The summed E-state index contributed by atoms with van der Waals surface area (Å²) in [5.41, 5.74) is 2.54. The second kappa shape index (κ2) is 4.69. The normalized spacial score (nSPS) is 9.36. The molecule has 0 spiro atoms. The van der Waals surface area contributed by atoms with E-state index >= 15 is 0 Å². The van der Waals surface area contributed by atoms with E-state index in [9.17, 15) is 5.11 Å². The lowest BCUT2D eigenvalue weighted by Gasteiger charge is -2.03. The van der Waals surface area contributed by atoms with E-state index in [4.69, 9.17) is 5.11 Å². The van der Waals surface area contributed by atoms with E-state index < -0.39 is 0 Å². The molecule has 2 N–H and O–H groups in total. The van der Waals surface area contributed by atoms with Gasteiger partial charge in [-0.15, -0.1) is 0 Å². The fourth-order valence-electron chi connectivity index (χ4n) is 1.25. The Morgan fingerprint density at radius 1 is 1.21 bits per heavy atom. The third-order valence-corrected chi connectivity index (χ3v) is 1.96. The van der Waals surface area contributed by atoms with Crippen molar-refractivity contribution in [1.29, 1.82) is 0 Å². The quantitative estimate of drug-likeness (QED) is 0.662. The smallest absolute Gasteiger partial charge is 0.121 e. The Kier molecular flexibility index (Phi) is 3.55. The zero-order chi connectivity index (χ0) is 10.6. The Hall–Kier alpha value is -1.46. The van der Waals surface area contributed by atoms with E-state index in [1.807, 2.05) is 26.0 Å². The molecule has 0 amide bonds. The summed E-state index contributed by atoms with van der Waals surface area (Å²) in [7, 11) is 0. The van der Waals surface area contributed by atoms with Crippen molar-refractivity contribution in [3.05, 3.63) is 28.8 Å². The molecule has 0 atom stereocenters. The van der Waals surface area contributed by atoms with Crippen LogP contribution < -0.4 is 0 Å². The van der Waals surface area contributed by atoms with Gasteiger partial charge in [0.15, 0.2) is 0 Å². The number of rotatable bonds is 1. The summed E-state index contributed by atoms with van der Waals surface area (Å²) in [5.74, 6) is 6.11. The first-order valence-corrected chi connectivity index (χ1v) is 4.55. The summed E-state index contributed by atoms with van der Waals surface area (Å²) in [4.78, 5) is 0. The lowest BCUT2D eigenvalue weighted by atomic mass is 10.1. The number of phenolic OH excluding ortho intramolecular Hbond substituents is 1. The number of aromatic hydroxyl groups is 1. The third-order valence-electron chi connectivity index (χ3n) is 1.96. The molecule has 74 valence electrons. The number of benzene rings is 1. The Morgan fingerprint density at radius 2 is 1.79 bits per heavy atom. The van der Waals surface area contributed by atoms with Crippen LogP contribution in [0.1, 0.15) is 23.1 Å². The first kappa shape index (κ1) is 10.6. The maximum Gasteiger partial charge on any atom is 0.121 e. The minimum atomic E-state index is 0.0864. The first-order valence-electron chi connectivity index (χ1n) is 4.55. The van der Waals surface area contributed by atoms with Crippen molar-refractivity contribution in [2.24, 2.45) is 0 Å². The average molecular weight is 190 g/mol. The van der Waals surface area contributed by atoms with Crippen LogP contribution in [0.3, 0.4) is 0 Å². The summed E-state index contributed by atoms with van der Waals surface area (Å²) in [6, 6.07) is 3.68. The molecule has 1 aromatic carbocycles. The minimum absolute atomic E-state index is 0.0864. The van der Waals surface area contributed by atoms with Gasteiger partial charge >= 0.3 is 0 Å². The Labute approximate surface area is 84.2 Å². The topological polar surface area (TPSA) is 40.5 Å². The number of hydrogen-bond acceptors (Lipinski definition) is 2. The van der Waals surface area contributed by atoms with Crippen molar-refractivity contribution < 1.29 is 10.2 Å². The molecule has 0 bridgehead atoms. The Bertz CT molecular complexity index is 360. The van der Waals surface area contributed by atoms with Gasteiger partial charge < -0.3 is 10.2 Å². The highest BCUT2D eigenvalue weighted by molar-refractivity contribution is 5.47. The maximum atomic E-state index is 9.51. The molecule has 0 saturated heterocycles. The van der Waals surface area contributed by atoms with Gasteiger partial charge in [-0.3, -0.25) is 0 Å². The van der Waals surface area contributed by atoms with Gasteiger partial charge in [0, 0.05) is 12.0 Å². The van der Waals surface area contributed by atoms with Gasteiger partial charge in [0.1, 0.15) is 5.75 Å². The molecular formula is C12H14O2. The van der Waals surface area contributed by atoms with E-state index in [0.29, 0.717) is 12.2 Å². The number of aryl methyl sites for hydroxylation is 2.